The van der Waals surface area contributed by atoms with E-state index in [0.717, 1.165) is 43.8 Å². The van der Waals surface area contributed by atoms with Gasteiger partial charge in [-0.05, 0) is 56.1 Å². The van der Waals surface area contributed by atoms with Crippen LogP contribution in [0.4, 0.5) is 5.95 Å². The van der Waals surface area contributed by atoms with Crippen molar-refractivity contribution >= 4 is 5.95 Å². The second-order valence-electron chi connectivity index (χ2n) is 6.14. The van der Waals surface area contributed by atoms with Crippen molar-refractivity contribution in [3.8, 4) is 0 Å². The second kappa shape index (κ2) is 6.57. The molecule has 1 aliphatic heterocycles. The first-order valence-corrected chi connectivity index (χ1v) is 8.17. The molecule has 2 heterocycles. The number of nitrogens with one attached hydrogen (secondary N) is 1. The molecule has 0 spiro atoms. The molecule has 2 fully saturated rings. The van der Waals surface area contributed by atoms with Gasteiger partial charge >= 0.3 is 0 Å². The molecule has 0 radical (unpaired) electrons. The number of hydrogen-bond donors (Lipinski definition) is 1. The Labute approximate surface area is 121 Å². The smallest absolute Gasteiger partial charge is 0.266 e. The van der Waals surface area contributed by atoms with Crippen molar-refractivity contribution in [1.29, 1.82) is 0 Å². The van der Waals surface area contributed by atoms with E-state index in [0.29, 0.717) is 6.04 Å². The SMILES string of the molecule is CCCNC(Cc1nc(N2CCCCC2)no1)C1CC1. The summed E-state index contributed by atoms with van der Waals surface area (Å²) >= 11 is 0. The van der Waals surface area contributed by atoms with Gasteiger partial charge in [-0.3, -0.25) is 0 Å². The number of nitrogens with zero attached hydrogens (tertiary/aromatic N) is 3. The molecule has 5 heteroatoms. The maximum atomic E-state index is 5.46. The summed E-state index contributed by atoms with van der Waals surface area (Å²) in [5, 5.41) is 7.79. The number of hydrogen-bond acceptors (Lipinski definition) is 5. The average molecular weight is 278 g/mol. The van der Waals surface area contributed by atoms with Gasteiger partial charge < -0.3 is 14.7 Å². The van der Waals surface area contributed by atoms with Gasteiger partial charge in [0.2, 0.25) is 5.89 Å². The van der Waals surface area contributed by atoms with Crippen LogP contribution in [-0.2, 0) is 6.42 Å². The molecule has 1 atom stereocenters. The van der Waals surface area contributed by atoms with Crippen LogP contribution in [0, 0.1) is 5.92 Å². The van der Waals surface area contributed by atoms with Crippen molar-refractivity contribution < 1.29 is 4.52 Å². The third-order valence-corrected chi connectivity index (χ3v) is 4.34. The van der Waals surface area contributed by atoms with Gasteiger partial charge in [-0.25, -0.2) is 0 Å². The first-order chi connectivity index (χ1) is 9.86. The van der Waals surface area contributed by atoms with Crippen LogP contribution >= 0.6 is 0 Å². The molecule has 1 aromatic rings. The lowest BCUT2D eigenvalue weighted by molar-refractivity contribution is 0.345. The van der Waals surface area contributed by atoms with Crippen LogP contribution in [0.25, 0.3) is 0 Å². The number of piperidine rings is 1. The molecule has 112 valence electrons. The third-order valence-electron chi connectivity index (χ3n) is 4.34. The summed E-state index contributed by atoms with van der Waals surface area (Å²) in [5.74, 6) is 2.41. The monoisotopic (exact) mass is 278 g/mol. The van der Waals surface area contributed by atoms with Crippen LogP contribution < -0.4 is 10.2 Å². The van der Waals surface area contributed by atoms with E-state index in [1.807, 2.05) is 0 Å². The Hall–Kier alpha value is -1.10. The van der Waals surface area contributed by atoms with Crippen molar-refractivity contribution in [2.75, 3.05) is 24.5 Å². The van der Waals surface area contributed by atoms with Crippen molar-refractivity contribution in [1.82, 2.24) is 15.5 Å². The highest BCUT2D eigenvalue weighted by Gasteiger charge is 2.32. The van der Waals surface area contributed by atoms with Crippen LogP contribution in [0.5, 0.6) is 0 Å². The maximum Gasteiger partial charge on any atom is 0.266 e. The average Bonchev–Trinajstić information content (AvgIpc) is 3.23. The minimum atomic E-state index is 0.518. The highest BCUT2D eigenvalue weighted by Crippen LogP contribution is 2.34. The number of anilines is 1. The molecule has 1 unspecified atom stereocenters. The molecule has 0 amide bonds. The summed E-state index contributed by atoms with van der Waals surface area (Å²) in [7, 11) is 0. The lowest BCUT2D eigenvalue weighted by Gasteiger charge is -2.24. The molecule has 5 nitrogen and oxygen atoms in total. The quantitative estimate of drug-likeness (QED) is 0.830. The van der Waals surface area contributed by atoms with E-state index in [-0.39, 0.29) is 0 Å². The Morgan fingerprint density at radius 3 is 2.80 bits per heavy atom. The fourth-order valence-electron chi connectivity index (χ4n) is 2.97. The molecular weight excluding hydrogens is 252 g/mol. The zero-order chi connectivity index (χ0) is 13.8. The molecule has 1 saturated carbocycles. The van der Waals surface area contributed by atoms with Crippen molar-refractivity contribution in [2.45, 2.75) is 57.9 Å². The highest BCUT2D eigenvalue weighted by molar-refractivity contribution is 5.28. The van der Waals surface area contributed by atoms with E-state index in [1.54, 1.807) is 0 Å². The maximum absolute atomic E-state index is 5.46. The lowest BCUT2D eigenvalue weighted by atomic mass is 10.1. The minimum Gasteiger partial charge on any atom is -0.338 e. The summed E-state index contributed by atoms with van der Waals surface area (Å²) < 4.78 is 5.46. The molecule has 3 rings (SSSR count). The minimum absolute atomic E-state index is 0.518. The summed E-state index contributed by atoms with van der Waals surface area (Å²) in [6.07, 6.45) is 8.55. The molecule has 1 saturated heterocycles. The molecule has 0 aromatic carbocycles. The van der Waals surface area contributed by atoms with Crippen LogP contribution in [0.15, 0.2) is 4.52 Å². The standard InChI is InChI=1S/C15H26N4O/c1-2-8-16-13(12-6-7-12)11-14-17-15(18-20-14)19-9-4-3-5-10-19/h12-13,16H,2-11H2,1H3. The van der Waals surface area contributed by atoms with E-state index in [4.69, 9.17) is 4.52 Å². The van der Waals surface area contributed by atoms with Gasteiger partial charge in [-0.2, -0.15) is 4.98 Å². The van der Waals surface area contributed by atoms with Crippen LogP contribution in [-0.4, -0.2) is 35.8 Å². The normalized spacial score (nSPS) is 21.1. The Morgan fingerprint density at radius 2 is 2.10 bits per heavy atom. The fraction of sp³-hybridized carbons (Fsp3) is 0.867. The van der Waals surface area contributed by atoms with Gasteiger partial charge in [-0.15, -0.1) is 0 Å². The van der Waals surface area contributed by atoms with E-state index in [9.17, 15) is 0 Å². The summed E-state index contributed by atoms with van der Waals surface area (Å²) in [6, 6.07) is 0.518. The van der Waals surface area contributed by atoms with Crippen LogP contribution in [0.2, 0.25) is 0 Å². The molecule has 0 bridgehead atoms. The van der Waals surface area contributed by atoms with Crippen LogP contribution in [0.3, 0.4) is 0 Å². The lowest BCUT2D eigenvalue weighted by Crippen LogP contribution is -2.34. The molecule has 1 aromatic heterocycles. The second-order valence-corrected chi connectivity index (χ2v) is 6.14. The largest absolute Gasteiger partial charge is 0.338 e. The Balaban J connectivity index is 1.57. The molecule has 2 aliphatic rings. The molecule has 1 N–H and O–H groups in total. The van der Waals surface area contributed by atoms with Crippen LogP contribution in [0.1, 0.15) is 51.3 Å². The van der Waals surface area contributed by atoms with Gasteiger partial charge in [0.25, 0.3) is 5.95 Å². The van der Waals surface area contributed by atoms with Crippen molar-refractivity contribution in [2.24, 2.45) is 5.92 Å². The van der Waals surface area contributed by atoms with Gasteiger partial charge in [0.1, 0.15) is 0 Å². The molecule has 20 heavy (non-hydrogen) atoms. The summed E-state index contributed by atoms with van der Waals surface area (Å²) in [5.41, 5.74) is 0. The first-order valence-electron chi connectivity index (χ1n) is 8.17. The number of rotatable bonds is 7. The first kappa shape index (κ1) is 13.9. The van der Waals surface area contributed by atoms with E-state index >= 15 is 0 Å². The van der Waals surface area contributed by atoms with Crippen molar-refractivity contribution in [3.63, 3.8) is 0 Å². The van der Waals surface area contributed by atoms with Gasteiger partial charge in [0, 0.05) is 25.6 Å². The highest BCUT2D eigenvalue weighted by atomic mass is 16.5. The number of aromatic nitrogens is 2. The van der Waals surface area contributed by atoms with E-state index in [1.165, 1.54) is 38.5 Å². The topological polar surface area (TPSA) is 54.2 Å². The summed E-state index contributed by atoms with van der Waals surface area (Å²) in [4.78, 5) is 6.85. The zero-order valence-electron chi connectivity index (χ0n) is 12.5. The zero-order valence-corrected chi connectivity index (χ0v) is 12.5. The third kappa shape index (κ3) is 3.51. The van der Waals surface area contributed by atoms with Gasteiger partial charge in [-0.1, -0.05) is 6.92 Å². The molecule has 1 aliphatic carbocycles. The van der Waals surface area contributed by atoms with Gasteiger partial charge in [0.05, 0.1) is 0 Å². The predicted octanol–water partition coefficient (Wildman–Crippen LogP) is 2.38. The summed E-state index contributed by atoms with van der Waals surface area (Å²) in [6.45, 7) is 5.42. The Bertz CT molecular complexity index is 410. The Morgan fingerprint density at radius 1 is 1.30 bits per heavy atom. The predicted molar refractivity (Wildman–Crippen MR) is 78.9 cm³/mol. The van der Waals surface area contributed by atoms with E-state index in [2.05, 4.69) is 27.3 Å². The van der Waals surface area contributed by atoms with Gasteiger partial charge in [0.15, 0.2) is 0 Å². The molecular formula is C15H26N4O. The van der Waals surface area contributed by atoms with E-state index < -0.39 is 0 Å². The Kier molecular flexibility index (Phi) is 4.55. The fourth-order valence-corrected chi connectivity index (χ4v) is 2.97. The van der Waals surface area contributed by atoms with Crippen molar-refractivity contribution in [3.05, 3.63) is 5.89 Å².